The summed E-state index contributed by atoms with van der Waals surface area (Å²) in [5.41, 5.74) is 1.80. The third kappa shape index (κ3) is 3.60. The van der Waals surface area contributed by atoms with Crippen molar-refractivity contribution in [1.29, 1.82) is 0 Å². The topological polar surface area (TPSA) is 79.5 Å². The van der Waals surface area contributed by atoms with Gasteiger partial charge in [-0.1, -0.05) is 11.6 Å². The zero-order valence-electron chi connectivity index (χ0n) is 11.3. The van der Waals surface area contributed by atoms with E-state index in [1.54, 1.807) is 6.07 Å². The number of carboxylic acids is 1. The molecule has 106 valence electrons. The molecule has 5 heteroatoms. The summed E-state index contributed by atoms with van der Waals surface area (Å²) in [5, 5.41) is 12.1. The van der Waals surface area contributed by atoms with Gasteiger partial charge in [-0.25, -0.2) is 0 Å². The lowest BCUT2D eigenvalue weighted by molar-refractivity contribution is -0.137. The predicted octanol–water partition coefficient (Wildman–Crippen LogP) is 2.73. The van der Waals surface area contributed by atoms with Crippen LogP contribution in [0.25, 0.3) is 11.0 Å². The van der Waals surface area contributed by atoms with Gasteiger partial charge < -0.3 is 14.8 Å². The zero-order chi connectivity index (χ0) is 14.5. The van der Waals surface area contributed by atoms with Crippen molar-refractivity contribution in [2.75, 3.05) is 6.54 Å². The molecule has 0 aliphatic rings. The highest BCUT2D eigenvalue weighted by molar-refractivity contribution is 5.96. The molecule has 1 aromatic heterocycles. The Bertz CT molecular complexity index is 630. The number of hydrogen-bond donors (Lipinski definition) is 2. The number of furan rings is 1. The van der Waals surface area contributed by atoms with E-state index in [-0.39, 0.29) is 18.1 Å². The number of aliphatic carboxylic acids is 1. The molecular formula is C15H17NO4. The van der Waals surface area contributed by atoms with Crippen LogP contribution >= 0.6 is 0 Å². The Balaban J connectivity index is 1.89. The number of carboxylic acid groups (broad SMARTS) is 1. The van der Waals surface area contributed by atoms with Crippen LogP contribution in [0.5, 0.6) is 0 Å². The van der Waals surface area contributed by atoms with Crippen LogP contribution in [0.3, 0.4) is 0 Å². The van der Waals surface area contributed by atoms with Gasteiger partial charge in [0.1, 0.15) is 5.58 Å². The van der Waals surface area contributed by atoms with Gasteiger partial charge in [-0.15, -0.1) is 0 Å². The smallest absolute Gasteiger partial charge is 0.303 e. The highest BCUT2D eigenvalue weighted by Crippen LogP contribution is 2.20. The fourth-order valence-corrected chi connectivity index (χ4v) is 1.96. The fourth-order valence-electron chi connectivity index (χ4n) is 1.96. The monoisotopic (exact) mass is 275 g/mol. The van der Waals surface area contributed by atoms with Crippen LogP contribution < -0.4 is 5.32 Å². The number of unbranched alkanes of at least 4 members (excludes halogenated alkanes) is 1. The molecule has 1 heterocycles. The van der Waals surface area contributed by atoms with E-state index < -0.39 is 5.97 Å². The zero-order valence-corrected chi connectivity index (χ0v) is 11.3. The molecule has 20 heavy (non-hydrogen) atoms. The lowest BCUT2D eigenvalue weighted by atomic mass is 10.2. The Morgan fingerprint density at radius 2 is 2.05 bits per heavy atom. The number of carbonyl (C=O) groups excluding carboxylic acids is 1. The molecule has 0 saturated carbocycles. The normalized spacial score (nSPS) is 10.7. The van der Waals surface area contributed by atoms with Gasteiger partial charge in [0.05, 0.1) is 0 Å². The number of carbonyl (C=O) groups is 2. The molecule has 2 aromatic rings. The SMILES string of the molecule is Cc1ccc2oc(C(=O)NCCCCC(=O)O)cc2c1. The van der Waals surface area contributed by atoms with Gasteiger partial charge in [-0.2, -0.15) is 0 Å². The van der Waals surface area contributed by atoms with Gasteiger partial charge in [-0.05, 0) is 38.0 Å². The Morgan fingerprint density at radius 3 is 2.80 bits per heavy atom. The van der Waals surface area contributed by atoms with Crippen LogP contribution in [0.2, 0.25) is 0 Å². The standard InChI is InChI=1S/C15H17NO4/c1-10-5-6-12-11(8-10)9-13(20-12)15(19)16-7-3-2-4-14(17)18/h5-6,8-9H,2-4,7H2,1H3,(H,16,19)(H,17,18). The summed E-state index contributed by atoms with van der Waals surface area (Å²) < 4.78 is 5.47. The minimum Gasteiger partial charge on any atom is -0.481 e. The van der Waals surface area contributed by atoms with Crippen molar-refractivity contribution in [3.63, 3.8) is 0 Å². The molecule has 0 aliphatic carbocycles. The van der Waals surface area contributed by atoms with E-state index in [2.05, 4.69) is 5.32 Å². The number of fused-ring (bicyclic) bond motifs is 1. The number of aryl methyl sites for hydroxylation is 1. The van der Waals surface area contributed by atoms with Crippen LogP contribution in [0.4, 0.5) is 0 Å². The first-order valence-corrected chi connectivity index (χ1v) is 6.56. The van der Waals surface area contributed by atoms with Crippen LogP contribution in [0, 0.1) is 6.92 Å². The fraction of sp³-hybridized carbons (Fsp3) is 0.333. The molecule has 0 atom stereocenters. The Hall–Kier alpha value is -2.30. The average molecular weight is 275 g/mol. The second-order valence-electron chi connectivity index (χ2n) is 4.76. The van der Waals surface area contributed by atoms with Gasteiger partial charge in [0.15, 0.2) is 5.76 Å². The summed E-state index contributed by atoms with van der Waals surface area (Å²) in [4.78, 5) is 22.2. The van der Waals surface area contributed by atoms with Crippen LogP contribution in [0.1, 0.15) is 35.4 Å². The predicted molar refractivity (Wildman–Crippen MR) is 74.8 cm³/mol. The van der Waals surface area contributed by atoms with Crippen LogP contribution in [-0.4, -0.2) is 23.5 Å². The van der Waals surface area contributed by atoms with E-state index in [0.717, 1.165) is 10.9 Å². The Morgan fingerprint density at radius 1 is 1.25 bits per heavy atom. The minimum atomic E-state index is -0.816. The molecule has 0 fully saturated rings. The van der Waals surface area contributed by atoms with E-state index in [1.165, 1.54) is 0 Å². The number of hydrogen-bond acceptors (Lipinski definition) is 3. The molecule has 2 N–H and O–H groups in total. The van der Waals surface area contributed by atoms with Crippen LogP contribution in [-0.2, 0) is 4.79 Å². The van der Waals surface area contributed by atoms with E-state index >= 15 is 0 Å². The molecular weight excluding hydrogens is 258 g/mol. The first-order valence-electron chi connectivity index (χ1n) is 6.56. The second kappa shape index (κ2) is 6.23. The van der Waals surface area contributed by atoms with Crippen molar-refractivity contribution in [3.05, 3.63) is 35.6 Å². The first kappa shape index (κ1) is 14.1. The van der Waals surface area contributed by atoms with E-state index in [9.17, 15) is 9.59 Å². The Labute approximate surface area is 116 Å². The van der Waals surface area contributed by atoms with E-state index in [4.69, 9.17) is 9.52 Å². The van der Waals surface area contributed by atoms with Crippen LogP contribution in [0.15, 0.2) is 28.7 Å². The number of benzene rings is 1. The summed E-state index contributed by atoms with van der Waals surface area (Å²) in [7, 11) is 0. The maximum atomic E-state index is 11.9. The molecule has 0 spiro atoms. The summed E-state index contributed by atoms with van der Waals surface area (Å²) in [6.45, 7) is 2.43. The summed E-state index contributed by atoms with van der Waals surface area (Å²) in [6.07, 6.45) is 1.31. The van der Waals surface area contributed by atoms with Gasteiger partial charge in [-0.3, -0.25) is 9.59 Å². The lowest BCUT2D eigenvalue weighted by Crippen LogP contribution is -2.24. The van der Waals surface area contributed by atoms with Crippen molar-refractivity contribution in [3.8, 4) is 0 Å². The number of nitrogens with one attached hydrogen (secondary N) is 1. The molecule has 0 aliphatic heterocycles. The minimum absolute atomic E-state index is 0.125. The van der Waals surface area contributed by atoms with Gasteiger partial charge >= 0.3 is 5.97 Å². The molecule has 0 bridgehead atoms. The largest absolute Gasteiger partial charge is 0.481 e. The summed E-state index contributed by atoms with van der Waals surface area (Å²) in [5.74, 6) is -0.804. The summed E-state index contributed by atoms with van der Waals surface area (Å²) >= 11 is 0. The van der Waals surface area contributed by atoms with Gasteiger partial charge in [0.2, 0.25) is 0 Å². The highest BCUT2D eigenvalue weighted by atomic mass is 16.4. The third-order valence-corrected chi connectivity index (χ3v) is 3.00. The second-order valence-corrected chi connectivity index (χ2v) is 4.76. The summed E-state index contributed by atoms with van der Waals surface area (Å²) in [6, 6.07) is 7.45. The lowest BCUT2D eigenvalue weighted by Gasteiger charge is -2.01. The number of amides is 1. The number of rotatable bonds is 6. The molecule has 5 nitrogen and oxygen atoms in total. The molecule has 1 aromatic carbocycles. The molecule has 0 radical (unpaired) electrons. The van der Waals surface area contributed by atoms with E-state index in [1.807, 2.05) is 25.1 Å². The van der Waals surface area contributed by atoms with Crippen molar-refractivity contribution >= 4 is 22.8 Å². The average Bonchev–Trinajstić information content (AvgIpc) is 2.80. The molecule has 2 rings (SSSR count). The maximum Gasteiger partial charge on any atom is 0.303 e. The quantitative estimate of drug-likeness (QED) is 0.794. The first-order chi connectivity index (χ1) is 9.56. The molecule has 0 unspecified atom stereocenters. The van der Waals surface area contributed by atoms with Gasteiger partial charge in [0.25, 0.3) is 5.91 Å². The van der Waals surface area contributed by atoms with Crippen molar-refractivity contribution in [1.82, 2.24) is 5.32 Å². The highest BCUT2D eigenvalue weighted by Gasteiger charge is 2.11. The molecule has 1 amide bonds. The third-order valence-electron chi connectivity index (χ3n) is 3.00. The van der Waals surface area contributed by atoms with Crippen molar-refractivity contribution in [2.24, 2.45) is 0 Å². The Kier molecular flexibility index (Phi) is 4.40. The maximum absolute atomic E-state index is 11.9. The van der Waals surface area contributed by atoms with Gasteiger partial charge in [0, 0.05) is 18.4 Å². The molecule has 0 saturated heterocycles. The van der Waals surface area contributed by atoms with Crippen molar-refractivity contribution < 1.29 is 19.1 Å². The van der Waals surface area contributed by atoms with E-state index in [0.29, 0.717) is 25.0 Å². The van der Waals surface area contributed by atoms with Crippen molar-refractivity contribution in [2.45, 2.75) is 26.2 Å².